The molecule has 0 spiro atoms. The number of pyridine rings is 1. The van der Waals surface area contributed by atoms with Crippen molar-refractivity contribution < 1.29 is 4.74 Å². The molecular weight excluding hydrogens is 328 g/mol. The maximum atomic E-state index is 5.77. The van der Waals surface area contributed by atoms with E-state index in [1.807, 2.05) is 37.4 Å². The van der Waals surface area contributed by atoms with Gasteiger partial charge in [0, 0.05) is 17.2 Å². The van der Waals surface area contributed by atoms with Gasteiger partial charge < -0.3 is 10.1 Å². The van der Waals surface area contributed by atoms with Crippen molar-refractivity contribution in [1.29, 1.82) is 0 Å². The third-order valence-corrected chi connectivity index (χ3v) is 4.05. The average molecular weight is 349 g/mol. The summed E-state index contributed by atoms with van der Waals surface area (Å²) in [5.41, 5.74) is 3.30. The van der Waals surface area contributed by atoms with E-state index in [1.54, 1.807) is 0 Å². The first-order valence-corrected chi connectivity index (χ1v) is 8.02. The molecule has 0 aliphatic carbocycles. The number of hydrogen-bond acceptors (Lipinski definition) is 3. The predicted molar refractivity (Wildman–Crippen MR) is 89.4 cm³/mol. The molecule has 1 aromatic carbocycles. The number of benzene rings is 1. The van der Waals surface area contributed by atoms with Gasteiger partial charge in [-0.2, -0.15) is 0 Å². The highest BCUT2D eigenvalue weighted by Crippen LogP contribution is 2.22. The van der Waals surface area contributed by atoms with Crippen LogP contribution in [0.3, 0.4) is 0 Å². The lowest BCUT2D eigenvalue weighted by Crippen LogP contribution is -2.14. The van der Waals surface area contributed by atoms with Crippen molar-refractivity contribution in [2.24, 2.45) is 0 Å². The van der Waals surface area contributed by atoms with Crippen molar-refractivity contribution in [2.75, 3.05) is 6.54 Å². The van der Waals surface area contributed by atoms with Crippen LogP contribution in [0.25, 0.3) is 0 Å². The van der Waals surface area contributed by atoms with Crippen LogP contribution in [-0.2, 0) is 13.2 Å². The Kier molecular flexibility index (Phi) is 6.21. The maximum absolute atomic E-state index is 5.77. The van der Waals surface area contributed by atoms with Gasteiger partial charge in [0.25, 0.3) is 0 Å². The summed E-state index contributed by atoms with van der Waals surface area (Å²) in [7, 11) is 0. The monoisotopic (exact) mass is 348 g/mol. The summed E-state index contributed by atoms with van der Waals surface area (Å²) in [5.74, 6) is 0.867. The Hall–Kier alpha value is -1.39. The lowest BCUT2D eigenvalue weighted by atomic mass is 10.2. The minimum atomic E-state index is 0.490. The normalized spacial score (nSPS) is 10.6. The second-order valence-electron chi connectivity index (χ2n) is 5.03. The van der Waals surface area contributed by atoms with Crippen molar-refractivity contribution in [3.8, 4) is 5.75 Å². The van der Waals surface area contributed by atoms with Gasteiger partial charge in [-0.25, -0.2) is 0 Å². The zero-order valence-electron chi connectivity index (χ0n) is 12.5. The summed E-state index contributed by atoms with van der Waals surface area (Å²) >= 11 is 3.49. The first-order valence-electron chi connectivity index (χ1n) is 7.22. The largest absolute Gasteiger partial charge is 0.487 e. The molecule has 1 heterocycles. The van der Waals surface area contributed by atoms with Crippen LogP contribution in [0, 0.1) is 6.92 Å². The van der Waals surface area contributed by atoms with Gasteiger partial charge in [0.1, 0.15) is 12.4 Å². The number of aromatic nitrogens is 1. The van der Waals surface area contributed by atoms with Crippen LogP contribution in [0.5, 0.6) is 5.75 Å². The SMILES string of the molecule is CCCNCc1ccc(COc2ccc(Br)c(C)c2)nc1. The van der Waals surface area contributed by atoms with E-state index >= 15 is 0 Å². The van der Waals surface area contributed by atoms with Crippen LogP contribution >= 0.6 is 15.9 Å². The molecule has 0 aliphatic rings. The maximum Gasteiger partial charge on any atom is 0.130 e. The Labute approximate surface area is 134 Å². The van der Waals surface area contributed by atoms with Crippen molar-refractivity contribution in [3.63, 3.8) is 0 Å². The Morgan fingerprint density at radius 2 is 2.10 bits per heavy atom. The smallest absolute Gasteiger partial charge is 0.130 e. The van der Waals surface area contributed by atoms with E-state index in [0.29, 0.717) is 6.61 Å². The fraction of sp³-hybridized carbons (Fsp3) is 0.353. The molecule has 1 aromatic heterocycles. The summed E-state index contributed by atoms with van der Waals surface area (Å²) in [6, 6.07) is 10.1. The molecule has 0 atom stereocenters. The summed E-state index contributed by atoms with van der Waals surface area (Å²) in [4.78, 5) is 4.44. The summed E-state index contributed by atoms with van der Waals surface area (Å²) in [5, 5.41) is 3.36. The number of rotatable bonds is 7. The molecule has 3 nitrogen and oxygen atoms in total. The zero-order chi connectivity index (χ0) is 15.1. The second-order valence-corrected chi connectivity index (χ2v) is 5.89. The van der Waals surface area contributed by atoms with Crippen LogP contribution in [0.1, 0.15) is 30.2 Å². The van der Waals surface area contributed by atoms with Crippen LogP contribution in [0.2, 0.25) is 0 Å². The van der Waals surface area contributed by atoms with Gasteiger partial charge in [-0.15, -0.1) is 0 Å². The number of nitrogens with one attached hydrogen (secondary N) is 1. The fourth-order valence-corrected chi connectivity index (χ4v) is 2.17. The van der Waals surface area contributed by atoms with Crippen LogP contribution in [-0.4, -0.2) is 11.5 Å². The Morgan fingerprint density at radius 1 is 1.24 bits per heavy atom. The topological polar surface area (TPSA) is 34.1 Å². The highest BCUT2D eigenvalue weighted by Gasteiger charge is 2.01. The molecule has 0 fully saturated rings. The molecule has 2 aromatic rings. The molecule has 0 unspecified atom stereocenters. The van der Waals surface area contributed by atoms with Crippen molar-refractivity contribution >= 4 is 15.9 Å². The van der Waals surface area contributed by atoms with Crippen LogP contribution in [0.15, 0.2) is 41.0 Å². The van der Waals surface area contributed by atoms with Gasteiger partial charge in [0.05, 0.1) is 5.69 Å². The molecule has 0 radical (unpaired) electrons. The molecule has 1 N–H and O–H groups in total. The molecular formula is C17H21BrN2O. The number of aryl methyl sites for hydroxylation is 1. The Morgan fingerprint density at radius 3 is 2.76 bits per heavy atom. The second kappa shape index (κ2) is 8.15. The van der Waals surface area contributed by atoms with E-state index in [4.69, 9.17) is 4.74 Å². The number of nitrogens with zero attached hydrogens (tertiary/aromatic N) is 1. The first-order chi connectivity index (χ1) is 10.2. The summed E-state index contributed by atoms with van der Waals surface area (Å²) in [6.45, 7) is 6.61. The summed E-state index contributed by atoms with van der Waals surface area (Å²) in [6.07, 6.45) is 3.06. The minimum absolute atomic E-state index is 0.490. The Balaban J connectivity index is 1.86. The Bertz CT molecular complexity index is 570. The third kappa shape index (κ3) is 5.14. The molecule has 0 amide bonds. The zero-order valence-corrected chi connectivity index (χ0v) is 14.1. The lowest BCUT2D eigenvalue weighted by Gasteiger charge is -2.08. The number of halogens is 1. The summed E-state index contributed by atoms with van der Waals surface area (Å²) < 4.78 is 6.86. The van der Waals surface area contributed by atoms with Crippen LogP contribution in [0.4, 0.5) is 0 Å². The quantitative estimate of drug-likeness (QED) is 0.760. The third-order valence-electron chi connectivity index (χ3n) is 3.16. The highest BCUT2D eigenvalue weighted by molar-refractivity contribution is 9.10. The van der Waals surface area contributed by atoms with Gasteiger partial charge in [0.2, 0.25) is 0 Å². The van der Waals surface area contributed by atoms with Gasteiger partial charge >= 0.3 is 0 Å². The minimum Gasteiger partial charge on any atom is -0.487 e. The molecule has 0 bridgehead atoms. The van der Waals surface area contributed by atoms with Gasteiger partial charge in [-0.05, 0) is 55.3 Å². The van der Waals surface area contributed by atoms with E-state index in [9.17, 15) is 0 Å². The lowest BCUT2D eigenvalue weighted by molar-refractivity contribution is 0.301. The molecule has 0 saturated heterocycles. The van der Waals surface area contributed by atoms with E-state index in [1.165, 1.54) is 5.56 Å². The van der Waals surface area contributed by atoms with E-state index < -0.39 is 0 Å². The van der Waals surface area contributed by atoms with E-state index in [2.05, 4.69) is 39.2 Å². The first kappa shape index (κ1) is 16.0. The molecule has 2 rings (SSSR count). The van der Waals surface area contributed by atoms with Crippen molar-refractivity contribution in [3.05, 3.63) is 57.8 Å². The van der Waals surface area contributed by atoms with Crippen molar-refractivity contribution in [1.82, 2.24) is 10.3 Å². The molecule has 0 aliphatic heterocycles. The van der Waals surface area contributed by atoms with Gasteiger partial charge in [0.15, 0.2) is 0 Å². The highest BCUT2D eigenvalue weighted by atomic mass is 79.9. The average Bonchev–Trinajstić information content (AvgIpc) is 2.50. The van der Waals surface area contributed by atoms with Gasteiger partial charge in [-0.3, -0.25) is 4.98 Å². The molecule has 0 saturated carbocycles. The van der Waals surface area contributed by atoms with Crippen molar-refractivity contribution in [2.45, 2.75) is 33.4 Å². The van der Waals surface area contributed by atoms with Crippen LogP contribution < -0.4 is 10.1 Å². The molecule has 112 valence electrons. The standard InChI is InChI=1S/C17H21BrN2O/c1-3-8-19-10-14-4-5-15(20-11-14)12-21-16-6-7-17(18)13(2)9-16/h4-7,9,11,19H,3,8,10,12H2,1-2H3. The molecule has 4 heteroatoms. The predicted octanol–water partition coefficient (Wildman–Crippen LogP) is 4.23. The fourth-order valence-electron chi connectivity index (χ4n) is 1.92. The van der Waals surface area contributed by atoms with E-state index in [-0.39, 0.29) is 0 Å². The van der Waals surface area contributed by atoms with Gasteiger partial charge in [-0.1, -0.05) is 28.9 Å². The number of hydrogen-bond donors (Lipinski definition) is 1. The van der Waals surface area contributed by atoms with E-state index in [0.717, 1.165) is 41.0 Å². The number of ether oxygens (including phenoxy) is 1. The molecule has 21 heavy (non-hydrogen) atoms.